The molecule has 0 radical (unpaired) electrons. The summed E-state index contributed by atoms with van der Waals surface area (Å²) in [4.78, 5) is 12.1. The number of benzene rings is 3. The van der Waals surface area contributed by atoms with Crippen molar-refractivity contribution >= 4 is 11.5 Å². The number of halogens is 1. The van der Waals surface area contributed by atoms with Crippen LogP contribution < -0.4 is 9.47 Å². The van der Waals surface area contributed by atoms with Crippen LogP contribution in [-0.4, -0.2) is 20.2 Å². The van der Waals surface area contributed by atoms with Gasteiger partial charge in [0.15, 0.2) is 0 Å². The monoisotopic (exact) mass is 542 g/mol. The molecule has 2 aliphatic rings. The van der Waals surface area contributed by atoms with E-state index >= 15 is 4.39 Å². The Balaban J connectivity index is 1.45. The maximum absolute atomic E-state index is 15.1. The molecule has 5 rings (SSSR count). The Morgan fingerprint density at radius 1 is 0.925 bits per heavy atom. The first-order chi connectivity index (χ1) is 19.0. The highest BCUT2D eigenvalue weighted by molar-refractivity contribution is 5.85. The molecule has 0 fully saturated rings. The van der Waals surface area contributed by atoms with E-state index in [4.69, 9.17) is 14.2 Å². The van der Waals surface area contributed by atoms with Crippen molar-refractivity contribution in [2.45, 2.75) is 65.9 Å². The van der Waals surface area contributed by atoms with Crippen LogP contribution in [0.25, 0.3) is 16.7 Å². The molecule has 0 aromatic heterocycles. The van der Waals surface area contributed by atoms with Crippen molar-refractivity contribution in [1.29, 1.82) is 0 Å². The van der Waals surface area contributed by atoms with E-state index in [-0.39, 0.29) is 28.5 Å². The number of hydrogen-bond acceptors (Lipinski definition) is 4. The highest BCUT2D eigenvalue weighted by Gasteiger charge is 2.40. The van der Waals surface area contributed by atoms with E-state index in [1.807, 2.05) is 18.2 Å². The van der Waals surface area contributed by atoms with Gasteiger partial charge in [-0.15, -0.1) is 0 Å². The normalized spacial score (nSPS) is 18.7. The summed E-state index contributed by atoms with van der Waals surface area (Å²) in [6, 6.07) is 17.2. The molecule has 210 valence electrons. The van der Waals surface area contributed by atoms with Gasteiger partial charge in [0.05, 0.1) is 20.6 Å². The lowest BCUT2D eigenvalue weighted by Gasteiger charge is -2.26. The van der Waals surface area contributed by atoms with Crippen molar-refractivity contribution in [2.75, 3.05) is 14.2 Å². The van der Waals surface area contributed by atoms with Crippen LogP contribution in [0.3, 0.4) is 0 Å². The third-order valence-electron chi connectivity index (χ3n) is 8.77. The second kappa shape index (κ2) is 10.8. The van der Waals surface area contributed by atoms with Gasteiger partial charge >= 0.3 is 5.97 Å². The zero-order valence-corrected chi connectivity index (χ0v) is 24.4. The first-order valence-corrected chi connectivity index (χ1v) is 14.0. The fourth-order valence-electron chi connectivity index (χ4n) is 6.43. The van der Waals surface area contributed by atoms with E-state index in [0.29, 0.717) is 24.3 Å². The highest BCUT2D eigenvalue weighted by atomic mass is 19.1. The zero-order chi connectivity index (χ0) is 28.7. The Kier molecular flexibility index (Phi) is 7.52. The molecule has 4 nitrogen and oxygen atoms in total. The number of carbonyl (C=O) groups excluding carboxylic acids is 1. The molecule has 0 heterocycles. The number of carbonyl (C=O) groups is 1. The van der Waals surface area contributed by atoms with Crippen LogP contribution in [0, 0.1) is 16.6 Å². The van der Waals surface area contributed by atoms with E-state index in [1.165, 1.54) is 24.3 Å². The van der Waals surface area contributed by atoms with Crippen LogP contribution in [0.15, 0.2) is 60.7 Å². The van der Waals surface area contributed by atoms with Crippen molar-refractivity contribution in [3.8, 4) is 22.6 Å². The fraction of sp³-hybridized carbons (Fsp3) is 0.400. The van der Waals surface area contributed by atoms with Gasteiger partial charge in [-0.25, -0.2) is 4.39 Å². The van der Waals surface area contributed by atoms with Gasteiger partial charge in [0, 0.05) is 11.5 Å². The number of allylic oxidation sites excluding steroid dienone is 2. The molecule has 0 aliphatic heterocycles. The molecule has 1 atom stereocenters. The number of fused-ring (bicyclic) bond motifs is 1. The van der Waals surface area contributed by atoms with Gasteiger partial charge in [-0.2, -0.15) is 0 Å². The van der Waals surface area contributed by atoms with Crippen molar-refractivity contribution in [3.63, 3.8) is 0 Å². The van der Waals surface area contributed by atoms with Crippen molar-refractivity contribution in [3.05, 3.63) is 88.7 Å². The minimum atomic E-state index is -0.273. The molecule has 0 amide bonds. The number of rotatable bonds is 8. The average Bonchev–Trinajstić information content (AvgIpc) is 3.41. The quantitative estimate of drug-likeness (QED) is 0.268. The maximum Gasteiger partial charge on any atom is 0.306 e. The Labute approximate surface area is 237 Å². The van der Waals surface area contributed by atoms with Crippen molar-refractivity contribution in [1.82, 2.24) is 0 Å². The molecular formula is C35H39FO4. The Hall–Kier alpha value is -3.60. The predicted octanol–water partition coefficient (Wildman–Crippen LogP) is 8.51. The van der Waals surface area contributed by atoms with Gasteiger partial charge in [0.2, 0.25) is 0 Å². The molecule has 0 unspecified atom stereocenters. The van der Waals surface area contributed by atoms with Crippen LogP contribution in [-0.2, 0) is 22.6 Å². The minimum absolute atomic E-state index is 0.00892. The summed E-state index contributed by atoms with van der Waals surface area (Å²) in [6.07, 6.45) is 5.62. The first-order valence-electron chi connectivity index (χ1n) is 14.0. The molecule has 5 heteroatoms. The third-order valence-corrected chi connectivity index (χ3v) is 8.77. The summed E-state index contributed by atoms with van der Waals surface area (Å²) in [5, 5.41) is 0. The van der Waals surface area contributed by atoms with Crippen LogP contribution >= 0.6 is 0 Å². The third kappa shape index (κ3) is 5.39. The number of methoxy groups -OCH3 is 2. The Morgan fingerprint density at radius 2 is 1.70 bits per heavy atom. The van der Waals surface area contributed by atoms with E-state index in [9.17, 15) is 4.79 Å². The smallest absolute Gasteiger partial charge is 0.306 e. The summed E-state index contributed by atoms with van der Waals surface area (Å²) in [7, 11) is 3.04. The molecule has 0 spiro atoms. The highest BCUT2D eigenvalue weighted by Crippen LogP contribution is 2.50. The number of ether oxygens (including phenoxy) is 3. The van der Waals surface area contributed by atoms with Gasteiger partial charge in [0.1, 0.15) is 23.9 Å². The summed E-state index contributed by atoms with van der Waals surface area (Å²) in [5.74, 6) is 1.01. The molecular weight excluding hydrogens is 503 g/mol. The molecule has 3 aromatic carbocycles. The lowest BCUT2D eigenvalue weighted by molar-refractivity contribution is -0.141. The second-order valence-electron chi connectivity index (χ2n) is 12.4. The lowest BCUT2D eigenvalue weighted by Crippen LogP contribution is -2.21. The number of esters is 1. The van der Waals surface area contributed by atoms with E-state index in [0.717, 1.165) is 47.3 Å². The average molecular weight is 543 g/mol. The van der Waals surface area contributed by atoms with Crippen molar-refractivity contribution < 1.29 is 23.4 Å². The summed E-state index contributed by atoms with van der Waals surface area (Å²) < 4.78 is 31.8. The molecule has 0 N–H and O–H groups in total. The largest absolute Gasteiger partial charge is 0.497 e. The molecule has 40 heavy (non-hydrogen) atoms. The van der Waals surface area contributed by atoms with Crippen LogP contribution in [0.1, 0.15) is 75.1 Å². The Morgan fingerprint density at radius 3 is 2.40 bits per heavy atom. The van der Waals surface area contributed by atoms with E-state index < -0.39 is 0 Å². The van der Waals surface area contributed by atoms with Crippen LogP contribution in [0.4, 0.5) is 4.39 Å². The van der Waals surface area contributed by atoms with Gasteiger partial charge in [0.25, 0.3) is 0 Å². The summed E-state index contributed by atoms with van der Waals surface area (Å²) >= 11 is 0. The SMILES string of the molecule is COC(=O)C[C@H]1c2cc(OCc3ccc(-c4cc(OC)ccc4F)c(C4=CCCC4(C)C)c3)ccc2CC1(C)C. The summed E-state index contributed by atoms with van der Waals surface area (Å²) in [5.41, 5.74) is 7.04. The molecule has 2 aliphatic carbocycles. The second-order valence-corrected chi connectivity index (χ2v) is 12.4. The molecule has 0 bridgehead atoms. The Bertz CT molecular complexity index is 1470. The standard InChI is InChI=1S/C35H39FO4/c1-34(2)15-7-8-30(34)28-16-22(9-13-26(28)29-17-24(38-5)12-14-32(29)36)21-40-25-11-10-23-20-35(3,4)31(27(23)18-25)19-33(37)39-6/h8-14,16-18,31H,7,15,19-21H2,1-6H3/t31-/m0/s1. The predicted molar refractivity (Wildman–Crippen MR) is 157 cm³/mol. The van der Waals surface area contributed by atoms with Gasteiger partial charge < -0.3 is 14.2 Å². The minimum Gasteiger partial charge on any atom is -0.497 e. The maximum atomic E-state index is 15.1. The van der Waals surface area contributed by atoms with Gasteiger partial charge in [-0.3, -0.25) is 4.79 Å². The van der Waals surface area contributed by atoms with Gasteiger partial charge in [-0.05, 0) is 99.9 Å². The van der Waals surface area contributed by atoms with E-state index in [1.54, 1.807) is 19.2 Å². The van der Waals surface area contributed by atoms with Gasteiger partial charge in [-0.1, -0.05) is 52.0 Å². The van der Waals surface area contributed by atoms with Crippen molar-refractivity contribution in [2.24, 2.45) is 10.8 Å². The topological polar surface area (TPSA) is 44.8 Å². The zero-order valence-electron chi connectivity index (χ0n) is 24.4. The first kappa shape index (κ1) is 27.9. The fourth-order valence-corrected chi connectivity index (χ4v) is 6.43. The van der Waals surface area contributed by atoms with Crippen LogP contribution in [0.2, 0.25) is 0 Å². The molecule has 0 saturated heterocycles. The number of hydrogen-bond donors (Lipinski definition) is 0. The summed E-state index contributed by atoms with van der Waals surface area (Å²) in [6.45, 7) is 9.28. The van der Waals surface area contributed by atoms with E-state index in [2.05, 4.69) is 52.0 Å². The lowest BCUT2D eigenvalue weighted by atomic mass is 9.78. The van der Waals surface area contributed by atoms with Crippen LogP contribution in [0.5, 0.6) is 11.5 Å². The molecule has 0 saturated carbocycles. The molecule has 3 aromatic rings.